The molecular formula is C34H26ClN3O5S2. The number of carbonyl (C=O) groups is 2. The number of hydrogen-bond acceptors (Lipinski definition) is 9. The molecule has 8 nitrogen and oxygen atoms in total. The third kappa shape index (κ3) is 6.58. The van der Waals surface area contributed by atoms with Crippen LogP contribution < -0.4 is 9.64 Å². The van der Waals surface area contributed by atoms with Crippen molar-refractivity contribution >= 4 is 57.3 Å². The lowest BCUT2D eigenvalue weighted by Gasteiger charge is -2.22. The molecule has 0 saturated carbocycles. The van der Waals surface area contributed by atoms with Crippen molar-refractivity contribution in [2.24, 2.45) is 0 Å². The van der Waals surface area contributed by atoms with Gasteiger partial charge in [0.25, 0.3) is 5.78 Å². The Morgan fingerprint density at radius 1 is 0.956 bits per heavy atom. The summed E-state index contributed by atoms with van der Waals surface area (Å²) in [5.74, 6) is -0.802. The van der Waals surface area contributed by atoms with Gasteiger partial charge in [-0.15, -0.1) is 10.2 Å². The average molecular weight is 656 g/mol. The summed E-state index contributed by atoms with van der Waals surface area (Å²) in [5, 5.41) is 30.7. The number of anilines is 1. The van der Waals surface area contributed by atoms with E-state index >= 15 is 0 Å². The second-order valence-electron chi connectivity index (χ2n) is 10.3. The van der Waals surface area contributed by atoms with E-state index in [1.54, 1.807) is 36.4 Å². The van der Waals surface area contributed by atoms with Gasteiger partial charge in [0.2, 0.25) is 5.13 Å². The molecule has 1 saturated heterocycles. The number of thioether (sulfide) groups is 1. The van der Waals surface area contributed by atoms with Crippen LogP contribution in [0.15, 0.2) is 107 Å². The van der Waals surface area contributed by atoms with Crippen LogP contribution in [0.25, 0.3) is 5.76 Å². The zero-order valence-corrected chi connectivity index (χ0v) is 26.3. The number of aryl methyl sites for hydroxylation is 1. The first-order chi connectivity index (χ1) is 21.8. The maximum absolute atomic E-state index is 13.5. The number of benzene rings is 4. The van der Waals surface area contributed by atoms with Gasteiger partial charge < -0.3 is 14.9 Å². The standard InChI is InChI=1S/C34H26ClN3O5S2/c1-20-4-2-3-5-24(20)18-43-27-16-10-23(11-17-27)30(40)28-29(22-8-14-26(39)15-9-22)38(32(42)31(28)41)33-36-37-34(45-33)44-19-21-6-12-25(35)13-7-21/h2-17,29,39-40H,18-19H2,1H3/b30-28+. The maximum Gasteiger partial charge on any atom is 0.301 e. The number of ether oxygens (including phenoxy) is 1. The number of amides is 1. The molecular weight excluding hydrogens is 630 g/mol. The molecule has 1 atom stereocenters. The Hall–Kier alpha value is -4.64. The van der Waals surface area contributed by atoms with Crippen molar-refractivity contribution in [3.63, 3.8) is 0 Å². The number of phenolic OH excluding ortho intramolecular Hbond substituents is 1. The van der Waals surface area contributed by atoms with Crippen LogP contribution in [-0.2, 0) is 21.9 Å². The fourth-order valence-electron chi connectivity index (χ4n) is 4.88. The average Bonchev–Trinajstić information content (AvgIpc) is 3.62. The number of carbonyl (C=O) groups excluding carboxylic acids is 2. The Morgan fingerprint density at radius 2 is 1.67 bits per heavy atom. The Morgan fingerprint density at radius 3 is 2.38 bits per heavy atom. The van der Waals surface area contributed by atoms with Crippen molar-refractivity contribution < 1.29 is 24.5 Å². The van der Waals surface area contributed by atoms with Gasteiger partial charge in [0.05, 0.1) is 11.6 Å². The summed E-state index contributed by atoms with van der Waals surface area (Å²) in [5.41, 5.74) is 3.98. The normalized spacial score (nSPS) is 15.9. The van der Waals surface area contributed by atoms with Crippen molar-refractivity contribution in [3.8, 4) is 11.5 Å². The van der Waals surface area contributed by atoms with Crippen LogP contribution in [0.5, 0.6) is 11.5 Å². The topological polar surface area (TPSA) is 113 Å². The van der Waals surface area contributed by atoms with Crippen molar-refractivity contribution in [3.05, 3.63) is 135 Å². The number of aromatic nitrogens is 2. The van der Waals surface area contributed by atoms with E-state index in [0.29, 0.717) is 38.6 Å². The highest BCUT2D eigenvalue weighted by Gasteiger charge is 2.48. The number of Topliss-reactive ketones (excluding diaryl/α,β-unsaturated/α-hetero) is 1. The maximum atomic E-state index is 13.5. The van der Waals surface area contributed by atoms with Crippen LogP contribution in [0.2, 0.25) is 5.02 Å². The number of aliphatic hydroxyl groups excluding tert-OH is 1. The molecule has 45 heavy (non-hydrogen) atoms. The van der Waals surface area contributed by atoms with Gasteiger partial charge in [-0.1, -0.05) is 83.2 Å². The van der Waals surface area contributed by atoms with E-state index < -0.39 is 17.7 Å². The molecule has 11 heteroatoms. The molecule has 226 valence electrons. The summed E-state index contributed by atoms with van der Waals surface area (Å²) in [6, 6.07) is 27.2. The molecule has 1 aromatic heterocycles. The first-order valence-electron chi connectivity index (χ1n) is 13.9. The Balaban J connectivity index is 1.29. The van der Waals surface area contributed by atoms with Crippen LogP contribution in [-0.4, -0.2) is 32.1 Å². The number of aliphatic hydroxyl groups is 1. The van der Waals surface area contributed by atoms with Crippen LogP contribution >= 0.6 is 34.7 Å². The zero-order chi connectivity index (χ0) is 31.5. The molecule has 1 unspecified atom stereocenters. The van der Waals surface area contributed by atoms with Gasteiger partial charge in [0.15, 0.2) is 4.34 Å². The Bertz CT molecular complexity index is 1890. The summed E-state index contributed by atoms with van der Waals surface area (Å²) in [7, 11) is 0. The van der Waals surface area contributed by atoms with E-state index in [2.05, 4.69) is 10.2 Å². The number of nitrogens with zero attached hydrogens (tertiary/aromatic N) is 3. The second kappa shape index (κ2) is 13.2. The highest BCUT2D eigenvalue weighted by atomic mass is 35.5. The molecule has 6 rings (SSSR count). The third-order valence-electron chi connectivity index (χ3n) is 7.31. The smallest absolute Gasteiger partial charge is 0.301 e. The number of aromatic hydroxyl groups is 1. The minimum absolute atomic E-state index is 0.0220. The largest absolute Gasteiger partial charge is 0.508 e. The fourth-order valence-corrected chi connectivity index (χ4v) is 6.83. The summed E-state index contributed by atoms with van der Waals surface area (Å²) in [6.45, 7) is 2.40. The Labute approximate surface area is 272 Å². The lowest BCUT2D eigenvalue weighted by molar-refractivity contribution is -0.132. The fraction of sp³-hybridized carbons (Fsp3) is 0.118. The molecule has 0 aliphatic carbocycles. The first-order valence-corrected chi connectivity index (χ1v) is 16.0. The van der Waals surface area contributed by atoms with E-state index in [-0.39, 0.29) is 22.2 Å². The number of ketones is 1. The molecule has 4 aromatic carbocycles. The van der Waals surface area contributed by atoms with Crippen molar-refractivity contribution in [1.82, 2.24) is 10.2 Å². The lowest BCUT2D eigenvalue weighted by Crippen LogP contribution is -2.29. The van der Waals surface area contributed by atoms with E-state index in [9.17, 15) is 19.8 Å². The van der Waals surface area contributed by atoms with Gasteiger partial charge in [-0.25, -0.2) is 0 Å². The second-order valence-corrected chi connectivity index (χ2v) is 12.9. The summed E-state index contributed by atoms with van der Waals surface area (Å²) in [6.07, 6.45) is 0. The highest BCUT2D eigenvalue weighted by molar-refractivity contribution is 8.00. The third-order valence-corrected chi connectivity index (χ3v) is 9.69. The molecule has 0 radical (unpaired) electrons. The van der Waals surface area contributed by atoms with E-state index in [1.807, 2.05) is 55.5 Å². The van der Waals surface area contributed by atoms with Gasteiger partial charge in [-0.3, -0.25) is 14.5 Å². The van der Waals surface area contributed by atoms with Crippen LogP contribution in [0.4, 0.5) is 5.13 Å². The van der Waals surface area contributed by atoms with Gasteiger partial charge in [-0.2, -0.15) is 0 Å². The van der Waals surface area contributed by atoms with Gasteiger partial charge in [0, 0.05) is 16.3 Å². The highest BCUT2D eigenvalue weighted by Crippen LogP contribution is 2.44. The minimum atomic E-state index is -0.996. The van der Waals surface area contributed by atoms with E-state index in [0.717, 1.165) is 16.7 Å². The molecule has 5 aromatic rings. The van der Waals surface area contributed by atoms with Crippen molar-refractivity contribution in [2.75, 3.05) is 4.90 Å². The summed E-state index contributed by atoms with van der Waals surface area (Å²) in [4.78, 5) is 28.3. The molecule has 0 spiro atoms. The molecule has 0 bridgehead atoms. The predicted octanol–water partition coefficient (Wildman–Crippen LogP) is 7.70. The van der Waals surface area contributed by atoms with Crippen molar-refractivity contribution in [1.29, 1.82) is 0 Å². The molecule has 1 amide bonds. The quantitative estimate of drug-likeness (QED) is 0.0546. The van der Waals surface area contributed by atoms with E-state index in [1.165, 1.54) is 40.1 Å². The minimum Gasteiger partial charge on any atom is -0.508 e. The summed E-state index contributed by atoms with van der Waals surface area (Å²) < 4.78 is 6.54. The number of rotatable bonds is 9. The van der Waals surface area contributed by atoms with Crippen LogP contribution in [0.3, 0.4) is 0 Å². The first kappa shape index (κ1) is 30.4. The van der Waals surface area contributed by atoms with Crippen molar-refractivity contribution in [2.45, 2.75) is 29.7 Å². The van der Waals surface area contributed by atoms with Gasteiger partial charge in [-0.05, 0) is 77.7 Å². The Kier molecular flexibility index (Phi) is 8.88. The van der Waals surface area contributed by atoms with Crippen LogP contribution in [0, 0.1) is 6.92 Å². The lowest BCUT2D eigenvalue weighted by atomic mass is 9.95. The van der Waals surface area contributed by atoms with Gasteiger partial charge in [0.1, 0.15) is 23.9 Å². The number of halogens is 1. The summed E-state index contributed by atoms with van der Waals surface area (Å²) >= 11 is 8.60. The number of phenols is 1. The molecule has 1 aliphatic rings. The molecule has 1 aliphatic heterocycles. The zero-order valence-electron chi connectivity index (χ0n) is 23.9. The van der Waals surface area contributed by atoms with Gasteiger partial charge >= 0.3 is 5.91 Å². The SMILES string of the molecule is Cc1ccccc1COc1ccc(/C(O)=C2\C(=O)C(=O)N(c3nnc(SCc4ccc(Cl)cc4)s3)C2c2ccc(O)cc2)cc1. The molecule has 2 heterocycles. The van der Waals surface area contributed by atoms with E-state index in [4.69, 9.17) is 16.3 Å². The monoisotopic (exact) mass is 655 g/mol. The molecule has 2 N–H and O–H groups in total. The van der Waals surface area contributed by atoms with Crippen LogP contribution in [0.1, 0.15) is 33.9 Å². The molecule has 1 fully saturated rings. The number of hydrogen-bond donors (Lipinski definition) is 2. The predicted molar refractivity (Wildman–Crippen MR) is 176 cm³/mol.